The lowest BCUT2D eigenvalue weighted by Gasteiger charge is -2.26. The van der Waals surface area contributed by atoms with Gasteiger partial charge in [-0.2, -0.15) is 0 Å². The molecule has 1 saturated heterocycles. The van der Waals surface area contributed by atoms with Crippen LogP contribution in [0, 0.1) is 0 Å². The van der Waals surface area contributed by atoms with E-state index in [1.807, 2.05) is 20.8 Å². The zero-order valence-electron chi connectivity index (χ0n) is 13.3. The third-order valence-corrected chi connectivity index (χ3v) is 3.57. The number of nitrogen functional groups attached to an aromatic ring is 1. The Morgan fingerprint density at radius 1 is 1.32 bits per heavy atom. The zero-order valence-corrected chi connectivity index (χ0v) is 14.1. The zero-order chi connectivity index (χ0) is 16.3. The van der Waals surface area contributed by atoms with Gasteiger partial charge in [0.1, 0.15) is 11.4 Å². The maximum atomic E-state index is 12.1. The highest BCUT2D eigenvalue weighted by Crippen LogP contribution is 2.26. The molecule has 0 unspecified atom stereocenters. The maximum absolute atomic E-state index is 12.1. The van der Waals surface area contributed by atoms with E-state index in [2.05, 4.69) is 9.88 Å². The lowest BCUT2D eigenvalue weighted by atomic mass is 10.2. The molecule has 122 valence electrons. The summed E-state index contributed by atoms with van der Waals surface area (Å²) in [5, 5.41) is 0.533. The van der Waals surface area contributed by atoms with Crippen LogP contribution in [-0.2, 0) is 4.74 Å². The molecule has 1 aliphatic heterocycles. The van der Waals surface area contributed by atoms with Crippen LogP contribution in [0.2, 0.25) is 5.02 Å². The van der Waals surface area contributed by atoms with Crippen LogP contribution in [0.25, 0.3) is 0 Å². The van der Waals surface area contributed by atoms with E-state index in [1.54, 1.807) is 17.2 Å². The molecule has 0 radical (unpaired) electrons. The molecule has 0 spiro atoms. The molecule has 1 aromatic rings. The van der Waals surface area contributed by atoms with Gasteiger partial charge in [0.05, 0.1) is 16.9 Å². The van der Waals surface area contributed by atoms with Gasteiger partial charge in [0, 0.05) is 26.2 Å². The summed E-state index contributed by atoms with van der Waals surface area (Å²) in [6, 6.07) is 1.69. The van der Waals surface area contributed by atoms with Crippen molar-refractivity contribution in [2.24, 2.45) is 0 Å². The Labute approximate surface area is 136 Å². The normalized spacial score (nSPS) is 16.4. The summed E-state index contributed by atoms with van der Waals surface area (Å²) in [5.74, 6) is 0.710. The van der Waals surface area contributed by atoms with Gasteiger partial charge in [-0.15, -0.1) is 0 Å². The molecule has 6 nitrogen and oxygen atoms in total. The lowest BCUT2D eigenvalue weighted by Crippen LogP contribution is -2.39. The number of rotatable bonds is 1. The van der Waals surface area contributed by atoms with Crippen LogP contribution in [0.4, 0.5) is 16.3 Å². The molecular formula is C15H23ClN4O2. The van der Waals surface area contributed by atoms with E-state index in [0.29, 0.717) is 36.2 Å². The van der Waals surface area contributed by atoms with Crippen LogP contribution >= 0.6 is 11.6 Å². The van der Waals surface area contributed by atoms with E-state index in [1.165, 1.54) is 0 Å². The van der Waals surface area contributed by atoms with Crippen molar-refractivity contribution in [1.82, 2.24) is 9.88 Å². The summed E-state index contributed by atoms with van der Waals surface area (Å²) in [7, 11) is 0. The number of amides is 1. The number of aromatic nitrogens is 1. The van der Waals surface area contributed by atoms with Gasteiger partial charge >= 0.3 is 6.09 Å². The third kappa shape index (κ3) is 4.40. The lowest BCUT2D eigenvalue weighted by molar-refractivity contribution is 0.0263. The molecule has 1 fully saturated rings. The highest BCUT2D eigenvalue weighted by Gasteiger charge is 2.25. The van der Waals surface area contributed by atoms with Crippen LogP contribution in [0.15, 0.2) is 12.3 Å². The number of ether oxygens (including phenoxy) is 1. The number of pyridine rings is 1. The molecule has 0 aromatic carbocycles. The SMILES string of the molecule is CC(C)(C)OC(=O)N1CCCN(c2ncc(N)cc2Cl)CC1. The van der Waals surface area contributed by atoms with Gasteiger partial charge in [-0.1, -0.05) is 11.6 Å². The molecule has 2 N–H and O–H groups in total. The van der Waals surface area contributed by atoms with Crippen molar-refractivity contribution in [3.63, 3.8) is 0 Å². The van der Waals surface area contributed by atoms with E-state index in [0.717, 1.165) is 13.0 Å². The van der Waals surface area contributed by atoms with E-state index in [9.17, 15) is 4.79 Å². The summed E-state index contributed by atoms with van der Waals surface area (Å²) in [4.78, 5) is 20.3. The highest BCUT2D eigenvalue weighted by molar-refractivity contribution is 6.33. The molecule has 1 aromatic heterocycles. The highest BCUT2D eigenvalue weighted by atomic mass is 35.5. The van der Waals surface area contributed by atoms with Crippen LogP contribution in [-0.4, -0.2) is 47.8 Å². The average molecular weight is 327 g/mol. The Balaban J connectivity index is 2.02. The van der Waals surface area contributed by atoms with Crippen LogP contribution < -0.4 is 10.6 Å². The average Bonchev–Trinajstić information content (AvgIpc) is 2.62. The van der Waals surface area contributed by atoms with Crippen LogP contribution in [0.5, 0.6) is 0 Å². The molecule has 22 heavy (non-hydrogen) atoms. The summed E-state index contributed by atoms with van der Waals surface area (Å²) >= 11 is 6.21. The second kappa shape index (κ2) is 6.60. The minimum absolute atomic E-state index is 0.272. The first-order valence-corrected chi connectivity index (χ1v) is 7.78. The predicted octanol–water partition coefficient (Wildman–Crippen LogP) is 2.76. The number of carbonyl (C=O) groups excluding carboxylic acids is 1. The number of nitrogens with two attached hydrogens (primary N) is 1. The van der Waals surface area contributed by atoms with Gasteiger partial charge in [-0.25, -0.2) is 9.78 Å². The standard InChI is InChI=1S/C15H23ClN4O2/c1-15(2,3)22-14(21)20-6-4-5-19(7-8-20)13-12(16)9-11(17)10-18-13/h9-10H,4-8,17H2,1-3H3. The Hall–Kier alpha value is -1.69. The molecule has 1 aliphatic rings. The number of carbonyl (C=O) groups is 1. The monoisotopic (exact) mass is 326 g/mol. The van der Waals surface area contributed by atoms with Gasteiger partial charge in [-0.3, -0.25) is 0 Å². The second-order valence-corrected chi connectivity index (χ2v) is 6.79. The van der Waals surface area contributed by atoms with Crippen molar-refractivity contribution in [2.75, 3.05) is 36.8 Å². The number of halogens is 1. The van der Waals surface area contributed by atoms with Gasteiger partial charge in [0.25, 0.3) is 0 Å². The van der Waals surface area contributed by atoms with E-state index < -0.39 is 5.60 Å². The summed E-state index contributed by atoms with van der Waals surface area (Å²) in [6.07, 6.45) is 2.16. The molecule has 0 bridgehead atoms. The largest absolute Gasteiger partial charge is 0.444 e. The molecule has 1 amide bonds. The van der Waals surface area contributed by atoms with Crippen LogP contribution in [0.3, 0.4) is 0 Å². The second-order valence-electron chi connectivity index (χ2n) is 6.38. The minimum atomic E-state index is -0.481. The van der Waals surface area contributed by atoms with Crippen molar-refractivity contribution < 1.29 is 9.53 Å². The van der Waals surface area contributed by atoms with Gasteiger partial charge in [0.15, 0.2) is 0 Å². The van der Waals surface area contributed by atoms with E-state index in [-0.39, 0.29) is 6.09 Å². The van der Waals surface area contributed by atoms with Crippen molar-refractivity contribution in [3.05, 3.63) is 17.3 Å². The fraction of sp³-hybridized carbons (Fsp3) is 0.600. The predicted molar refractivity (Wildman–Crippen MR) is 88.3 cm³/mol. The van der Waals surface area contributed by atoms with E-state index in [4.69, 9.17) is 22.1 Å². The van der Waals surface area contributed by atoms with Crippen molar-refractivity contribution in [1.29, 1.82) is 0 Å². The molecule has 7 heteroatoms. The molecular weight excluding hydrogens is 304 g/mol. The number of hydrogen-bond acceptors (Lipinski definition) is 5. The van der Waals surface area contributed by atoms with Crippen LogP contribution in [0.1, 0.15) is 27.2 Å². The first-order chi connectivity index (χ1) is 10.3. The van der Waals surface area contributed by atoms with Crippen molar-refractivity contribution in [2.45, 2.75) is 32.8 Å². The van der Waals surface area contributed by atoms with Crippen molar-refractivity contribution in [3.8, 4) is 0 Å². The molecule has 2 rings (SSSR count). The fourth-order valence-electron chi connectivity index (χ4n) is 2.32. The quantitative estimate of drug-likeness (QED) is 0.859. The Morgan fingerprint density at radius 3 is 2.68 bits per heavy atom. The summed E-state index contributed by atoms with van der Waals surface area (Å²) < 4.78 is 5.42. The first-order valence-electron chi connectivity index (χ1n) is 7.40. The smallest absolute Gasteiger partial charge is 0.410 e. The Morgan fingerprint density at radius 2 is 2.05 bits per heavy atom. The Bertz CT molecular complexity index is 545. The summed E-state index contributed by atoms with van der Waals surface area (Å²) in [5.41, 5.74) is 5.73. The van der Waals surface area contributed by atoms with E-state index >= 15 is 0 Å². The molecule has 0 saturated carbocycles. The van der Waals surface area contributed by atoms with Gasteiger partial charge < -0.3 is 20.3 Å². The molecule has 2 heterocycles. The topological polar surface area (TPSA) is 71.7 Å². The van der Waals surface area contributed by atoms with Gasteiger partial charge in [0.2, 0.25) is 0 Å². The molecule has 0 atom stereocenters. The van der Waals surface area contributed by atoms with Gasteiger partial charge in [-0.05, 0) is 33.3 Å². The number of anilines is 2. The number of nitrogens with zero attached hydrogens (tertiary/aromatic N) is 3. The maximum Gasteiger partial charge on any atom is 0.410 e. The first kappa shape index (κ1) is 16.7. The molecule has 0 aliphatic carbocycles. The fourth-order valence-corrected chi connectivity index (χ4v) is 2.61. The number of hydrogen-bond donors (Lipinski definition) is 1. The third-order valence-electron chi connectivity index (χ3n) is 3.29. The summed E-state index contributed by atoms with van der Waals surface area (Å²) in [6.45, 7) is 8.30. The minimum Gasteiger partial charge on any atom is -0.444 e. The van der Waals surface area contributed by atoms with Crippen molar-refractivity contribution >= 4 is 29.2 Å². The Kier molecular flexibility index (Phi) is 5.01.